The summed E-state index contributed by atoms with van der Waals surface area (Å²) in [6, 6.07) is 6.86. The van der Waals surface area contributed by atoms with Crippen molar-refractivity contribution in [3.05, 3.63) is 42.5 Å². The second kappa shape index (κ2) is 10.5. The van der Waals surface area contributed by atoms with Gasteiger partial charge < -0.3 is 19.3 Å². The summed E-state index contributed by atoms with van der Waals surface area (Å²) in [5.74, 6) is -0.556. The van der Waals surface area contributed by atoms with Crippen LogP contribution >= 0.6 is 0 Å². The quantitative estimate of drug-likeness (QED) is 0.318. The number of carbonyl (C=O) groups excluding carboxylic acids is 1. The van der Waals surface area contributed by atoms with Crippen LogP contribution in [0.3, 0.4) is 0 Å². The van der Waals surface area contributed by atoms with Crippen LogP contribution in [0, 0.1) is 0 Å². The van der Waals surface area contributed by atoms with E-state index in [4.69, 9.17) is 19.3 Å². The number of methoxy groups -OCH3 is 1. The third kappa shape index (κ3) is 6.58. The Kier molecular flexibility index (Phi) is 8.70. The van der Waals surface area contributed by atoms with Crippen LogP contribution in [0.5, 0.6) is 5.75 Å². The van der Waals surface area contributed by atoms with E-state index in [1.165, 1.54) is 18.9 Å². The number of ether oxygens (including phenoxy) is 3. The average molecular weight is 350 g/mol. The second-order valence-electron chi connectivity index (χ2n) is 5.58. The lowest BCUT2D eigenvalue weighted by atomic mass is 10.0. The molecule has 1 aliphatic heterocycles. The van der Waals surface area contributed by atoms with Crippen molar-refractivity contribution >= 4 is 11.9 Å². The van der Waals surface area contributed by atoms with Crippen LogP contribution in [0.2, 0.25) is 0 Å². The predicted molar refractivity (Wildman–Crippen MR) is 93.6 cm³/mol. The van der Waals surface area contributed by atoms with E-state index in [-0.39, 0.29) is 12.6 Å². The van der Waals surface area contributed by atoms with E-state index in [2.05, 4.69) is 13.5 Å². The summed E-state index contributed by atoms with van der Waals surface area (Å²) in [5.41, 5.74) is -0.447. The van der Waals surface area contributed by atoms with E-state index < -0.39 is 11.6 Å². The first-order valence-electron chi connectivity index (χ1n) is 8.31. The molecule has 1 unspecified atom stereocenters. The van der Waals surface area contributed by atoms with Crippen LogP contribution in [0.25, 0.3) is 0 Å². The van der Waals surface area contributed by atoms with E-state index in [9.17, 15) is 9.59 Å². The molecule has 0 saturated carbocycles. The van der Waals surface area contributed by atoms with E-state index >= 15 is 0 Å². The van der Waals surface area contributed by atoms with Crippen LogP contribution < -0.4 is 4.74 Å². The Balaban J connectivity index is 0.000000260. The summed E-state index contributed by atoms with van der Waals surface area (Å²) in [6.45, 7) is 6.23. The van der Waals surface area contributed by atoms with Crippen molar-refractivity contribution < 1.29 is 28.9 Å². The molecule has 1 heterocycles. The molecule has 1 aromatic rings. The fraction of sp³-hybridized carbons (Fsp3) is 0.474. The van der Waals surface area contributed by atoms with Crippen LogP contribution in [-0.4, -0.2) is 37.4 Å². The summed E-state index contributed by atoms with van der Waals surface area (Å²) in [6.07, 6.45) is 5.72. The van der Waals surface area contributed by atoms with Gasteiger partial charge in [0, 0.05) is 6.08 Å². The van der Waals surface area contributed by atoms with Gasteiger partial charge in [-0.2, -0.15) is 0 Å². The summed E-state index contributed by atoms with van der Waals surface area (Å²) in [4.78, 5) is 21.4. The van der Waals surface area contributed by atoms with Gasteiger partial charge in [0.25, 0.3) is 0 Å². The molecule has 6 heteroatoms. The Hall–Kier alpha value is -2.34. The van der Waals surface area contributed by atoms with Crippen molar-refractivity contribution in [2.45, 2.75) is 38.2 Å². The normalized spacial score (nSPS) is 17.7. The Morgan fingerprint density at radius 3 is 2.36 bits per heavy atom. The number of aliphatic carboxylic acids is 1. The Morgan fingerprint density at radius 2 is 1.92 bits per heavy atom. The molecule has 0 aliphatic carbocycles. The van der Waals surface area contributed by atoms with Gasteiger partial charge in [-0.1, -0.05) is 44.9 Å². The number of carboxylic acid groups (broad SMARTS) is 1. The van der Waals surface area contributed by atoms with Crippen LogP contribution in [-0.2, 0) is 24.7 Å². The van der Waals surface area contributed by atoms with Gasteiger partial charge in [0.05, 0.1) is 20.3 Å². The number of unbranched alkanes of at least 4 members (excludes halogenated alkanes) is 3. The van der Waals surface area contributed by atoms with Gasteiger partial charge in [-0.3, -0.25) is 0 Å². The van der Waals surface area contributed by atoms with E-state index in [0.29, 0.717) is 17.9 Å². The van der Waals surface area contributed by atoms with Gasteiger partial charge in [-0.05, 0) is 24.1 Å². The zero-order valence-corrected chi connectivity index (χ0v) is 14.8. The summed E-state index contributed by atoms with van der Waals surface area (Å²) in [7, 11) is 1.57. The van der Waals surface area contributed by atoms with Crippen molar-refractivity contribution in [2.75, 3.05) is 20.3 Å². The molecule has 1 atom stereocenters. The minimum atomic E-state index is -1.10. The number of benzene rings is 1. The first-order chi connectivity index (χ1) is 12.0. The molecule has 0 amide bonds. The summed E-state index contributed by atoms with van der Waals surface area (Å²) >= 11 is 0. The van der Waals surface area contributed by atoms with E-state index in [1.807, 2.05) is 0 Å². The third-order valence-electron chi connectivity index (χ3n) is 3.74. The molecular formula is C19H26O6. The Bertz CT molecular complexity index is 560. The SMILES string of the molecule is C=CC(=O)OCCCCCC.COc1ccc(C2(C(=O)O)CO2)cc1. The minimum Gasteiger partial charge on any atom is -0.497 e. The number of rotatable bonds is 9. The number of hydrogen-bond donors (Lipinski definition) is 1. The first-order valence-corrected chi connectivity index (χ1v) is 8.31. The highest BCUT2D eigenvalue weighted by Gasteiger charge is 2.54. The third-order valence-corrected chi connectivity index (χ3v) is 3.74. The molecule has 1 aliphatic rings. The van der Waals surface area contributed by atoms with E-state index in [0.717, 1.165) is 12.8 Å². The number of carbonyl (C=O) groups is 2. The number of epoxide rings is 1. The minimum absolute atomic E-state index is 0.245. The smallest absolute Gasteiger partial charge is 0.343 e. The highest BCUT2D eigenvalue weighted by Crippen LogP contribution is 2.39. The molecular weight excluding hydrogens is 324 g/mol. The zero-order chi connectivity index (χ0) is 18.7. The summed E-state index contributed by atoms with van der Waals surface area (Å²) in [5, 5.41) is 8.93. The number of hydrogen-bond acceptors (Lipinski definition) is 5. The van der Waals surface area contributed by atoms with Gasteiger partial charge in [-0.25, -0.2) is 9.59 Å². The van der Waals surface area contributed by atoms with Crippen LogP contribution in [0.15, 0.2) is 36.9 Å². The van der Waals surface area contributed by atoms with Crippen molar-refractivity contribution in [1.29, 1.82) is 0 Å². The molecule has 0 aromatic heterocycles. The molecule has 1 fully saturated rings. The molecule has 0 radical (unpaired) electrons. The monoisotopic (exact) mass is 350 g/mol. The maximum Gasteiger partial charge on any atom is 0.343 e. The van der Waals surface area contributed by atoms with Crippen LogP contribution in [0.1, 0.15) is 38.2 Å². The van der Waals surface area contributed by atoms with Crippen molar-refractivity contribution in [3.8, 4) is 5.75 Å². The highest BCUT2D eigenvalue weighted by atomic mass is 16.6. The topological polar surface area (TPSA) is 85.4 Å². The largest absolute Gasteiger partial charge is 0.497 e. The molecule has 0 bridgehead atoms. The summed E-state index contributed by atoms with van der Waals surface area (Å²) < 4.78 is 14.7. The fourth-order valence-electron chi connectivity index (χ4n) is 2.11. The van der Waals surface area contributed by atoms with Gasteiger partial charge in [-0.15, -0.1) is 0 Å². The number of esters is 1. The lowest BCUT2D eigenvalue weighted by Crippen LogP contribution is -2.21. The molecule has 1 saturated heterocycles. The van der Waals surface area contributed by atoms with Gasteiger partial charge in [0.1, 0.15) is 5.75 Å². The molecule has 25 heavy (non-hydrogen) atoms. The maximum atomic E-state index is 10.9. The molecule has 1 aromatic carbocycles. The molecule has 6 nitrogen and oxygen atoms in total. The fourth-order valence-corrected chi connectivity index (χ4v) is 2.11. The van der Waals surface area contributed by atoms with Crippen molar-refractivity contribution in [3.63, 3.8) is 0 Å². The predicted octanol–water partition coefficient (Wildman–Crippen LogP) is 3.30. The lowest BCUT2D eigenvalue weighted by molar-refractivity contribution is -0.143. The van der Waals surface area contributed by atoms with Gasteiger partial charge in [0.15, 0.2) is 0 Å². The molecule has 0 spiro atoms. The zero-order valence-electron chi connectivity index (χ0n) is 14.8. The van der Waals surface area contributed by atoms with Gasteiger partial charge >= 0.3 is 11.9 Å². The maximum absolute atomic E-state index is 10.9. The standard InChI is InChI=1S/C10H10O4.C9H16O2/c1-13-8-4-2-7(3-5-8)10(6-14-10)9(11)12;1-3-5-6-7-8-11-9(10)4-2/h2-5H,6H2,1H3,(H,11,12);4H,2-3,5-8H2,1H3. The molecule has 138 valence electrons. The van der Waals surface area contributed by atoms with Crippen molar-refractivity contribution in [2.24, 2.45) is 0 Å². The lowest BCUT2D eigenvalue weighted by Gasteiger charge is -2.07. The highest BCUT2D eigenvalue weighted by molar-refractivity contribution is 5.82. The average Bonchev–Trinajstić information content (AvgIpc) is 3.44. The van der Waals surface area contributed by atoms with Crippen molar-refractivity contribution in [1.82, 2.24) is 0 Å². The Morgan fingerprint density at radius 1 is 1.28 bits per heavy atom. The molecule has 1 N–H and O–H groups in total. The van der Waals surface area contributed by atoms with Gasteiger partial charge in [0.2, 0.25) is 5.60 Å². The Labute approximate surface area is 148 Å². The second-order valence-corrected chi connectivity index (χ2v) is 5.58. The van der Waals surface area contributed by atoms with Crippen LogP contribution in [0.4, 0.5) is 0 Å². The first kappa shape index (κ1) is 20.7. The number of carboxylic acids is 1. The van der Waals surface area contributed by atoms with E-state index in [1.54, 1.807) is 31.4 Å². The molecule has 2 rings (SSSR count).